The first-order chi connectivity index (χ1) is 18.4. The van der Waals surface area contributed by atoms with E-state index in [-0.39, 0.29) is 47.6 Å². The number of carbonyl (C=O) groups excluding carboxylic acids is 2. The van der Waals surface area contributed by atoms with Gasteiger partial charge in [-0.05, 0) is 48.6 Å². The first-order valence-corrected chi connectivity index (χ1v) is 12.4. The van der Waals surface area contributed by atoms with Crippen LogP contribution in [0.1, 0.15) is 29.6 Å². The van der Waals surface area contributed by atoms with Gasteiger partial charge in [-0.25, -0.2) is 14.6 Å². The van der Waals surface area contributed by atoms with Crippen molar-refractivity contribution in [2.45, 2.75) is 44.0 Å². The number of carboxylic acid groups (broad SMARTS) is 1. The van der Waals surface area contributed by atoms with Gasteiger partial charge < -0.3 is 29.8 Å². The van der Waals surface area contributed by atoms with Gasteiger partial charge in [-0.15, -0.1) is 0 Å². The molecular formula is C26H25N5O7. The van der Waals surface area contributed by atoms with Crippen LogP contribution in [0.4, 0.5) is 16.4 Å². The van der Waals surface area contributed by atoms with Gasteiger partial charge in [0.25, 0.3) is 11.5 Å². The summed E-state index contributed by atoms with van der Waals surface area (Å²) in [5.74, 6) is -0.217. The van der Waals surface area contributed by atoms with Crippen molar-refractivity contribution in [3.63, 3.8) is 0 Å². The van der Waals surface area contributed by atoms with Crippen LogP contribution >= 0.6 is 0 Å². The molecular weight excluding hydrogens is 494 g/mol. The molecule has 1 aliphatic carbocycles. The summed E-state index contributed by atoms with van der Waals surface area (Å²) in [5.41, 5.74) is 0.492. The van der Waals surface area contributed by atoms with E-state index in [1.54, 1.807) is 28.8 Å². The van der Waals surface area contributed by atoms with E-state index in [9.17, 15) is 24.3 Å². The zero-order valence-electron chi connectivity index (χ0n) is 20.3. The van der Waals surface area contributed by atoms with E-state index in [1.807, 2.05) is 0 Å². The van der Waals surface area contributed by atoms with Crippen molar-refractivity contribution in [2.75, 3.05) is 23.4 Å². The summed E-state index contributed by atoms with van der Waals surface area (Å²) in [6.45, 7) is 0.780. The van der Waals surface area contributed by atoms with Crippen LogP contribution in [-0.4, -0.2) is 64.0 Å². The van der Waals surface area contributed by atoms with E-state index in [4.69, 9.17) is 9.47 Å². The van der Waals surface area contributed by atoms with Crippen molar-refractivity contribution in [3.05, 3.63) is 58.4 Å². The van der Waals surface area contributed by atoms with E-state index >= 15 is 0 Å². The number of pyridine rings is 2. The molecule has 1 aromatic carbocycles. The van der Waals surface area contributed by atoms with E-state index in [0.717, 1.165) is 11.8 Å². The predicted octanol–water partition coefficient (Wildman–Crippen LogP) is 1.96. The first-order valence-electron chi connectivity index (χ1n) is 12.4. The smallest absolute Gasteiger partial charge is 0.416 e. The van der Waals surface area contributed by atoms with Gasteiger partial charge >= 0.3 is 12.1 Å². The Labute approximate surface area is 216 Å². The Morgan fingerprint density at radius 3 is 2.82 bits per heavy atom. The molecule has 2 aliphatic heterocycles. The highest BCUT2D eigenvalue weighted by atomic mass is 16.6. The number of rotatable bonds is 6. The quantitative estimate of drug-likeness (QED) is 0.444. The Bertz CT molecular complexity index is 1520. The van der Waals surface area contributed by atoms with Gasteiger partial charge in [-0.1, -0.05) is 6.07 Å². The highest BCUT2D eigenvalue weighted by Crippen LogP contribution is 2.37. The maximum atomic E-state index is 12.8. The van der Waals surface area contributed by atoms with Gasteiger partial charge in [0, 0.05) is 31.6 Å². The normalized spacial score (nSPS) is 22.3. The molecule has 1 saturated heterocycles. The number of hydrogen-bond donors (Lipinski definition) is 3. The SMILES string of the molecule is O=C1COc2ccc(N3C(=O)O[C@@H]4C[C@H](NCCn5c(=O)ccc6ccc(C(=O)O)cc65)CC[C@H]43)nc2N1. The number of fused-ring (bicyclic) bond motifs is 3. The molecule has 3 N–H and O–H groups in total. The van der Waals surface area contributed by atoms with Crippen molar-refractivity contribution < 1.29 is 29.0 Å². The van der Waals surface area contributed by atoms with Gasteiger partial charge in [0.05, 0.1) is 17.1 Å². The maximum absolute atomic E-state index is 12.8. The van der Waals surface area contributed by atoms with Crippen molar-refractivity contribution in [1.29, 1.82) is 0 Å². The average Bonchev–Trinajstić information content (AvgIpc) is 3.24. The van der Waals surface area contributed by atoms with Crippen LogP contribution < -0.4 is 25.8 Å². The summed E-state index contributed by atoms with van der Waals surface area (Å²) in [4.78, 5) is 54.3. The molecule has 2 amide bonds. The van der Waals surface area contributed by atoms with Crippen molar-refractivity contribution in [3.8, 4) is 5.75 Å². The van der Waals surface area contributed by atoms with Crippen LogP contribution in [0.2, 0.25) is 0 Å². The third-order valence-electron chi connectivity index (χ3n) is 7.25. The maximum Gasteiger partial charge on any atom is 0.416 e. The van der Waals surface area contributed by atoms with E-state index < -0.39 is 12.1 Å². The molecule has 0 bridgehead atoms. The number of hydrogen-bond acceptors (Lipinski definition) is 8. The number of nitrogens with zero attached hydrogens (tertiary/aromatic N) is 3. The van der Waals surface area contributed by atoms with Crippen LogP contribution in [0, 0.1) is 0 Å². The third-order valence-corrected chi connectivity index (χ3v) is 7.25. The Hall–Kier alpha value is -4.45. The van der Waals surface area contributed by atoms with E-state index in [2.05, 4.69) is 15.6 Å². The summed E-state index contributed by atoms with van der Waals surface area (Å²) in [6, 6.07) is 11.2. The number of carbonyl (C=O) groups is 3. The summed E-state index contributed by atoms with van der Waals surface area (Å²) >= 11 is 0. The van der Waals surface area contributed by atoms with Crippen LogP contribution in [0.25, 0.3) is 10.9 Å². The van der Waals surface area contributed by atoms with Crippen LogP contribution in [0.15, 0.2) is 47.3 Å². The summed E-state index contributed by atoms with van der Waals surface area (Å²) in [6.07, 6.45) is 1.27. The van der Waals surface area contributed by atoms with Crippen molar-refractivity contribution in [1.82, 2.24) is 14.9 Å². The molecule has 196 valence electrons. The van der Waals surface area contributed by atoms with Crippen molar-refractivity contribution >= 4 is 40.5 Å². The lowest BCUT2D eigenvalue weighted by molar-refractivity contribution is -0.118. The van der Waals surface area contributed by atoms with Gasteiger partial charge in [0.2, 0.25) is 0 Å². The molecule has 3 aliphatic rings. The molecule has 2 aromatic heterocycles. The Morgan fingerprint density at radius 1 is 1.13 bits per heavy atom. The second kappa shape index (κ2) is 9.45. The number of anilines is 2. The van der Waals surface area contributed by atoms with Crippen LogP contribution in [0.3, 0.4) is 0 Å². The second-order valence-electron chi connectivity index (χ2n) is 9.58. The molecule has 3 aromatic rings. The number of carboxylic acids is 1. The van der Waals surface area contributed by atoms with E-state index in [0.29, 0.717) is 43.0 Å². The largest absolute Gasteiger partial charge is 0.480 e. The molecule has 38 heavy (non-hydrogen) atoms. The standard InChI is InChI=1S/C26H25N5O7/c32-22-13-37-19-6-7-21(28-24(19)29-22)31-17-5-4-16(12-20(17)38-26(31)36)27-9-10-30-18-11-15(25(34)35)2-1-14(18)3-8-23(30)33/h1-3,6-8,11,16-17,20,27H,4-5,9-10,12-13H2,(H,34,35)(H,28,29,32)/t16-,17-,20-/m1/s1. The summed E-state index contributed by atoms with van der Waals surface area (Å²) < 4.78 is 12.6. The average molecular weight is 520 g/mol. The molecule has 0 radical (unpaired) electrons. The predicted molar refractivity (Wildman–Crippen MR) is 136 cm³/mol. The molecule has 6 rings (SSSR count). The molecule has 0 unspecified atom stereocenters. The number of aromatic carboxylic acids is 1. The highest BCUT2D eigenvalue weighted by Gasteiger charge is 2.46. The molecule has 2 fully saturated rings. The van der Waals surface area contributed by atoms with E-state index in [1.165, 1.54) is 23.1 Å². The number of amides is 2. The third kappa shape index (κ3) is 4.32. The van der Waals surface area contributed by atoms with Gasteiger partial charge in [-0.3, -0.25) is 14.5 Å². The zero-order chi connectivity index (χ0) is 26.4. The first kappa shape index (κ1) is 23.9. The van der Waals surface area contributed by atoms with Gasteiger partial charge in [0.1, 0.15) is 11.9 Å². The number of ether oxygens (including phenoxy) is 2. The minimum atomic E-state index is -1.05. The summed E-state index contributed by atoms with van der Waals surface area (Å²) in [7, 11) is 0. The van der Waals surface area contributed by atoms with Crippen LogP contribution in [0.5, 0.6) is 5.75 Å². The highest BCUT2D eigenvalue weighted by molar-refractivity contribution is 5.96. The number of benzene rings is 1. The van der Waals surface area contributed by atoms with Gasteiger partial charge in [-0.2, -0.15) is 0 Å². The Morgan fingerprint density at radius 2 is 1.97 bits per heavy atom. The fourth-order valence-electron chi connectivity index (χ4n) is 5.43. The lowest BCUT2D eigenvalue weighted by Crippen LogP contribution is -2.46. The topological polar surface area (TPSA) is 152 Å². The monoisotopic (exact) mass is 519 g/mol. The Balaban J connectivity index is 1.11. The van der Waals surface area contributed by atoms with Gasteiger partial charge in [0.15, 0.2) is 18.2 Å². The lowest BCUT2D eigenvalue weighted by Gasteiger charge is -2.33. The van der Waals surface area contributed by atoms with Crippen molar-refractivity contribution in [2.24, 2.45) is 0 Å². The minimum absolute atomic E-state index is 0.0720. The Kier molecular flexibility index (Phi) is 5.95. The molecule has 12 nitrogen and oxygen atoms in total. The molecule has 3 atom stereocenters. The second-order valence-corrected chi connectivity index (χ2v) is 9.58. The molecule has 12 heteroatoms. The molecule has 4 heterocycles. The fourth-order valence-corrected chi connectivity index (χ4v) is 5.43. The zero-order valence-corrected chi connectivity index (χ0v) is 20.3. The molecule has 1 saturated carbocycles. The number of aromatic nitrogens is 2. The fraction of sp³-hybridized carbons (Fsp3) is 0.346. The lowest BCUT2D eigenvalue weighted by atomic mass is 9.88. The number of nitrogens with one attached hydrogen (secondary N) is 2. The van der Waals surface area contributed by atoms with Crippen LogP contribution in [-0.2, 0) is 16.1 Å². The summed E-state index contributed by atoms with van der Waals surface area (Å²) in [5, 5.41) is 16.2. The molecule has 0 spiro atoms. The minimum Gasteiger partial charge on any atom is -0.480 e.